The second kappa shape index (κ2) is 7.21. The van der Waals surface area contributed by atoms with Crippen molar-refractivity contribution in [1.29, 1.82) is 0 Å². The molecule has 0 saturated carbocycles. The number of nitrogens with one attached hydrogen (secondary N) is 1. The van der Waals surface area contributed by atoms with E-state index in [0.717, 1.165) is 6.54 Å². The van der Waals surface area contributed by atoms with Crippen LogP contribution in [-0.4, -0.2) is 24.4 Å². The van der Waals surface area contributed by atoms with Gasteiger partial charge in [-0.3, -0.25) is 0 Å². The van der Waals surface area contributed by atoms with Crippen LogP contribution in [0.5, 0.6) is 0 Å². The number of hydrogen-bond donors (Lipinski definition) is 1. The van der Waals surface area contributed by atoms with Crippen LogP contribution in [0, 0.1) is 0 Å². The molecule has 0 saturated heterocycles. The molecular formula is C13H20ClNS. The zero-order valence-corrected chi connectivity index (χ0v) is 11.6. The fourth-order valence-electron chi connectivity index (χ4n) is 1.61. The lowest BCUT2D eigenvalue weighted by Crippen LogP contribution is -2.41. The van der Waals surface area contributed by atoms with E-state index in [1.807, 2.05) is 17.8 Å². The summed E-state index contributed by atoms with van der Waals surface area (Å²) in [6.07, 6.45) is 3.32. The quantitative estimate of drug-likeness (QED) is 0.593. The van der Waals surface area contributed by atoms with Crippen LogP contribution in [-0.2, 0) is 5.54 Å². The summed E-state index contributed by atoms with van der Waals surface area (Å²) in [6.45, 7) is 3.17. The molecule has 0 aliphatic rings. The van der Waals surface area contributed by atoms with Gasteiger partial charge in [-0.05, 0) is 37.5 Å². The topological polar surface area (TPSA) is 12.0 Å². The van der Waals surface area contributed by atoms with Crippen molar-refractivity contribution >= 4 is 23.4 Å². The molecule has 1 aromatic rings. The molecule has 0 amide bonds. The third kappa shape index (κ3) is 4.00. The first-order valence-electron chi connectivity index (χ1n) is 5.58. The molecule has 1 aromatic carbocycles. The molecule has 1 rings (SSSR count). The maximum atomic E-state index is 6.09. The Bertz CT molecular complexity index is 291. The summed E-state index contributed by atoms with van der Waals surface area (Å²) in [4.78, 5) is 0. The van der Waals surface area contributed by atoms with Gasteiger partial charge in [0.05, 0.1) is 5.54 Å². The van der Waals surface area contributed by atoms with Gasteiger partial charge in [0.25, 0.3) is 0 Å². The summed E-state index contributed by atoms with van der Waals surface area (Å²) >= 11 is 7.97. The molecule has 0 fully saturated rings. The minimum absolute atomic E-state index is 0.110. The van der Waals surface area contributed by atoms with E-state index in [2.05, 4.69) is 42.8 Å². The van der Waals surface area contributed by atoms with Crippen LogP contribution in [0.3, 0.4) is 0 Å². The Morgan fingerprint density at radius 2 is 2.00 bits per heavy atom. The Morgan fingerprint density at radius 1 is 1.31 bits per heavy atom. The van der Waals surface area contributed by atoms with Gasteiger partial charge in [0.1, 0.15) is 0 Å². The van der Waals surface area contributed by atoms with E-state index in [1.54, 1.807) is 0 Å². The second-order valence-corrected chi connectivity index (χ2v) is 5.36. The van der Waals surface area contributed by atoms with Crippen molar-refractivity contribution in [3.05, 3.63) is 35.9 Å². The molecule has 16 heavy (non-hydrogen) atoms. The molecule has 0 aliphatic heterocycles. The smallest absolute Gasteiger partial charge is 0.0543 e. The lowest BCUT2D eigenvalue weighted by atomic mass is 9.94. The van der Waals surface area contributed by atoms with Gasteiger partial charge in [-0.1, -0.05) is 30.3 Å². The molecule has 0 radical (unpaired) electrons. The van der Waals surface area contributed by atoms with E-state index in [-0.39, 0.29) is 5.54 Å². The van der Waals surface area contributed by atoms with Gasteiger partial charge in [-0.15, -0.1) is 11.6 Å². The number of rotatable bonds is 7. The normalized spacial score (nSPS) is 14.7. The highest BCUT2D eigenvalue weighted by molar-refractivity contribution is 7.98. The predicted molar refractivity (Wildman–Crippen MR) is 75.5 cm³/mol. The van der Waals surface area contributed by atoms with Crippen LogP contribution in [0.4, 0.5) is 0 Å². The summed E-state index contributed by atoms with van der Waals surface area (Å²) in [5, 5.41) is 3.55. The first-order valence-corrected chi connectivity index (χ1v) is 7.51. The van der Waals surface area contributed by atoms with Gasteiger partial charge in [-0.2, -0.15) is 11.8 Å². The molecule has 90 valence electrons. The number of halogens is 1. The summed E-state index contributed by atoms with van der Waals surface area (Å²) in [5.41, 5.74) is 1.15. The molecule has 0 spiro atoms. The summed E-state index contributed by atoms with van der Waals surface area (Å²) in [6, 6.07) is 10.4. The van der Waals surface area contributed by atoms with Gasteiger partial charge in [-0.25, -0.2) is 0 Å². The van der Waals surface area contributed by atoms with Crippen LogP contribution in [0.15, 0.2) is 30.3 Å². The van der Waals surface area contributed by atoms with Crippen molar-refractivity contribution in [3.63, 3.8) is 0 Å². The minimum Gasteiger partial charge on any atom is -0.307 e. The summed E-state index contributed by atoms with van der Waals surface area (Å²) < 4.78 is 0. The fraction of sp³-hybridized carbons (Fsp3) is 0.538. The van der Waals surface area contributed by atoms with E-state index in [4.69, 9.17) is 11.6 Å². The monoisotopic (exact) mass is 257 g/mol. The third-order valence-corrected chi connectivity index (χ3v) is 3.95. The highest BCUT2D eigenvalue weighted by atomic mass is 35.5. The van der Waals surface area contributed by atoms with Gasteiger partial charge in [0.2, 0.25) is 0 Å². The number of alkyl halides is 1. The zero-order chi connectivity index (χ0) is 11.9. The van der Waals surface area contributed by atoms with Crippen molar-refractivity contribution in [2.45, 2.75) is 18.9 Å². The van der Waals surface area contributed by atoms with Crippen LogP contribution in [0.25, 0.3) is 0 Å². The van der Waals surface area contributed by atoms with E-state index in [0.29, 0.717) is 5.88 Å². The van der Waals surface area contributed by atoms with Gasteiger partial charge >= 0.3 is 0 Å². The Kier molecular flexibility index (Phi) is 6.25. The second-order valence-electron chi connectivity index (χ2n) is 4.10. The Morgan fingerprint density at radius 3 is 2.56 bits per heavy atom. The predicted octanol–water partition coefficient (Wildman–Crippen LogP) is 3.48. The molecule has 0 aromatic heterocycles. The molecule has 1 nitrogen and oxygen atoms in total. The first kappa shape index (κ1) is 13.9. The van der Waals surface area contributed by atoms with Gasteiger partial charge in [0.15, 0.2) is 0 Å². The van der Waals surface area contributed by atoms with E-state index >= 15 is 0 Å². The fourth-order valence-corrected chi connectivity index (χ4v) is 2.30. The zero-order valence-electron chi connectivity index (χ0n) is 10.0. The van der Waals surface area contributed by atoms with Crippen LogP contribution < -0.4 is 5.32 Å². The maximum absolute atomic E-state index is 6.09. The molecular weight excluding hydrogens is 238 g/mol. The maximum Gasteiger partial charge on any atom is 0.0543 e. The van der Waals surface area contributed by atoms with Crippen molar-refractivity contribution in [1.82, 2.24) is 5.32 Å². The molecule has 0 heterocycles. The average Bonchev–Trinajstić information content (AvgIpc) is 2.35. The molecule has 0 aliphatic carbocycles. The van der Waals surface area contributed by atoms with Gasteiger partial charge < -0.3 is 5.32 Å². The van der Waals surface area contributed by atoms with E-state index in [9.17, 15) is 0 Å². The van der Waals surface area contributed by atoms with Crippen molar-refractivity contribution in [2.75, 3.05) is 24.4 Å². The Labute approximate surface area is 108 Å². The van der Waals surface area contributed by atoms with E-state index < -0.39 is 0 Å². The van der Waals surface area contributed by atoms with Crippen molar-refractivity contribution < 1.29 is 0 Å². The summed E-state index contributed by atoms with van der Waals surface area (Å²) in [7, 11) is 0. The Balaban J connectivity index is 2.56. The molecule has 1 atom stereocenters. The number of thioether (sulfide) groups is 1. The van der Waals surface area contributed by atoms with Crippen LogP contribution in [0.2, 0.25) is 0 Å². The standard InChI is InChI=1S/C13H20ClNS/c1-13(11-14,15-9-6-10-16-2)12-7-4-3-5-8-12/h3-5,7-8,15H,6,9-11H2,1-2H3. The highest BCUT2D eigenvalue weighted by Gasteiger charge is 2.23. The average molecular weight is 258 g/mol. The lowest BCUT2D eigenvalue weighted by molar-refractivity contribution is 0.410. The molecule has 0 bridgehead atoms. The van der Waals surface area contributed by atoms with Crippen LogP contribution >= 0.6 is 23.4 Å². The Hall–Kier alpha value is -0.180. The highest BCUT2D eigenvalue weighted by Crippen LogP contribution is 2.21. The van der Waals surface area contributed by atoms with Crippen molar-refractivity contribution in [3.8, 4) is 0 Å². The van der Waals surface area contributed by atoms with Crippen LogP contribution in [0.1, 0.15) is 18.9 Å². The SMILES string of the molecule is CSCCCNC(C)(CCl)c1ccccc1. The summed E-state index contributed by atoms with van der Waals surface area (Å²) in [5.74, 6) is 1.79. The van der Waals surface area contributed by atoms with E-state index in [1.165, 1.54) is 17.7 Å². The van der Waals surface area contributed by atoms with Crippen molar-refractivity contribution in [2.24, 2.45) is 0 Å². The van der Waals surface area contributed by atoms with Gasteiger partial charge in [0, 0.05) is 5.88 Å². The lowest BCUT2D eigenvalue weighted by Gasteiger charge is -2.29. The first-order chi connectivity index (χ1) is 7.73. The molecule has 3 heteroatoms. The minimum atomic E-state index is -0.110. The number of hydrogen-bond acceptors (Lipinski definition) is 2. The number of benzene rings is 1. The molecule has 1 unspecified atom stereocenters. The largest absolute Gasteiger partial charge is 0.307 e. The third-order valence-electron chi connectivity index (χ3n) is 2.72. The molecule has 1 N–H and O–H groups in total.